The minimum absolute atomic E-state index is 0.313. The largest absolute Gasteiger partial charge is 0.383 e. The van der Waals surface area contributed by atoms with E-state index in [0.717, 1.165) is 25.5 Å². The molecule has 1 fully saturated rings. The molecule has 0 amide bonds. The lowest BCUT2D eigenvalue weighted by Gasteiger charge is -2.46. The average Bonchev–Trinajstić information content (AvgIpc) is 2.20. The molecule has 0 spiro atoms. The fourth-order valence-electron chi connectivity index (χ4n) is 3.42. The summed E-state index contributed by atoms with van der Waals surface area (Å²) in [4.78, 5) is 2.53. The summed E-state index contributed by atoms with van der Waals surface area (Å²) in [5.41, 5.74) is 6.39. The zero-order chi connectivity index (χ0) is 13.0. The normalized spacial score (nSPS) is 34.6. The molecule has 0 aromatic carbocycles. The molecule has 4 atom stereocenters. The topological polar surface area (TPSA) is 38.5 Å². The van der Waals surface area contributed by atoms with Gasteiger partial charge in [0.05, 0.1) is 6.61 Å². The van der Waals surface area contributed by atoms with Gasteiger partial charge < -0.3 is 10.5 Å². The first kappa shape index (κ1) is 14.9. The number of methoxy groups -OCH3 is 1. The predicted octanol–water partition coefficient (Wildman–Crippen LogP) is 2.11. The van der Waals surface area contributed by atoms with Crippen molar-refractivity contribution in [2.24, 2.45) is 17.6 Å². The monoisotopic (exact) mass is 242 g/mol. The van der Waals surface area contributed by atoms with Crippen molar-refractivity contribution in [2.45, 2.75) is 58.7 Å². The van der Waals surface area contributed by atoms with E-state index in [0.29, 0.717) is 24.0 Å². The highest BCUT2D eigenvalue weighted by molar-refractivity contribution is 4.93. The molecule has 1 aliphatic rings. The average molecular weight is 242 g/mol. The molecular formula is C14H30N2O. The van der Waals surface area contributed by atoms with Crippen LogP contribution < -0.4 is 5.73 Å². The van der Waals surface area contributed by atoms with Gasteiger partial charge in [-0.1, -0.05) is 13.8 Å². The summed E-state index contributed by atoms with van der Waals surface area (Å²) in [6.07, 6.45) is 2.46. The Morgan fingerprint density at radius 1 is 1.29 bits per heavy atom. The fraction of sp³-hybridized carbons (Fsp3) is 1.00. The number of nitrogens with zero attached hydrogens (tertiary/aromatic N) is 1. The van der Waals surface area contributed by atoms with Gasteiger partial charge in [0, 0.05) is 31.8 Å². The first-order valence-electron chi connectivity index (χ1n) is 6.97. The first-order chi connectivity index (χ1) is 7.97. The summed E-state index contributed by atoms with van der Waals surface area (Å²) in [6.45, 7) is 11.0. The molecule has 0 radical (unpaired) electrons. The van der Waals surface area contributed by atoms with Crippen LogP contribution in [0.3, 0.4) is 0 Å². The summed E-state index contributed by atoms with van der Waals surface area (Å²) < 4.78 is 5.22. The lowest BCUT2D eigenvalue weighted by Crippen LogP contribution is -2.57. The summed E-state index contributed by atoms with van der Waals surface area (Å²) in [7, 11) is 1.77. The maximum Gasteiger partial charge on any atom is 0.0589 e. The van der Waals surface area contributed by atoms with Gasteiger partial charge in [0.2, 0.25) is 0 Å². The Bertz CT molecular complexity index is 208. The molecule has 1 rings (SSSR count). The smallest absolute Gasteiger partial charge is 0.0589 e. The van der Waals surface area contributed by atoms with Gasteiger partial charge in [-0.15, -0.1) is 0 Å². The van der Waals surface area contributed by atoms with Crippen molar-refractivity contribution in [3.63, 3.8) is 0 Å². The van der Waals surface area contributed by atoms with Crippen LogP contribution in [0.5, 0.6) is 0 Å². The van der Waals surface area contributed by atoms with Crippen molar-refractivity contribution in [1.29, 1.82) is 0 Å². The zero-order valence-electron chi connectivity index (χ0n) is 12.1. The highest BCUT2D eigenvalue weighted by atomic mass is 16.5. The summed E-state index contributed by atoms with van der Waals surface area (Å²) in [5.74, 6) is 1.46. The van der Waals surface area contributed by atoms with Crippen molar-refractivity contribution in [3.05, 3.63) is 0 Å². The first-order valence-corrected chi connectivity index (χ1v) is 6.97. The molecule has 1 saturated carbocycles. The Morgan fingerprint density at radius 2 is 1.94 bits per heavy atom. The van der Waals surface area contributed by atoms with Gasteiger partial charge in [0.1, 0.15) is 0 Å². The van der Waals surface area contributed by atoms with Gasteiger partial charge >= 0.3 is 0 Å². The molecule has 4 unspecified atom stereocenters. The predicted molar refractivity (Wildman–Crippen MR) is 73.0 cm³/mol. The SMILES string of the molecule is COCCN(C(C)C)C1C(C)CC(C)CC1N. The zero-order valence-corrected chi connectivity index (χ0v) is 12.1. The van der Waals surface area contributed by atoms with Crippen molar-refractivity contribution in [2.75, 3.05) is 20.3 Å². The van der Waals surface area contributed by atoms with Crippen LogP contribution in [0.25, 0.3) is 0 Å². The molecular weight excluding hydrogens is 212 g/mol. The van der Waals surface area contributed by atoms with E-state index in [1.165, 1.54) is 6.42 Å². The van der Waals surface area contributed by atoms with Crippen LogP contribution in [0, 0.1) is 11.8 Å². The number of ether oxygens (including phenoxy) is 1. The van der Waals surface area contributed by atoms with Crippen LogP contribution in [0.4, 0.5) is 0 Å². The molecule has 0 aliphatic heterocycles. The molecule has 0 aromatic heterocycles. The third kappa shape index (κ3) is 3.94. The highest BCUT2D eigenvalue weighted by Gasteiger charge is 2.36. The minimum Gasteiger partial charge on any atom is -0.383 e. The quantitative estimate of drug-likeness (QED) is 0.802. The van der Waals surface area contributed by atoms with E-state index in [2.05, 4.69) is 32.6 Å². The Balaban J connectivity index is 2.70. The number of rotatable bonds is 5. The van der Waals surface area contributed by atoms with Crippen molar-refractivity contribution >= 4 is 0 Å². The Labute approximate surface area is 107 Å². The van der Waals surface area contributed by atoms with E-state index in [1.807, 2.05) is 0 Å². The number of hydrogen-bond acceptors (Lipinski definition) is 3. The molecule has 0 bridgehead atoms. The molecule has 3 nitrogen and oxygen atoms in total. The van der Waals surface area contributed by atoms with E-state index in [-0.39, 0.29) is 0 Å². The Morgan fingerprint density at radius 3 is 2.41 bits per heavy atom. The third-order valence-electron chi connectivity index (χ3n) is 4.07. The van der Waals surface area contributed by atoms with Crippen LogP contribution in [0.1, 0.15) is 40.5 Å². The van der Waals surface area contributed by atoms with E-state index in [9.17, 15) is 0 Å². The van der Waals surface area contributed by atoms with E-state index in [4.69, 9.17) is 10.5 Å². The van der Waals surface area contributed by atoms with Gasteiger partial charge in [-0.05, 0) is 38.5 Å². The molecule has 1 aliphatic carbocycles. The molecule has 3 heteroatoms. The van der Waals surface area contributed by atoms with Crippen molar-refractivity contribution in [1.82, 2.24) is 4.90 Å². The lowest BCUT2D eigenvalue weighted by atomic mass is 9.76. The molecule has 17 heavy (non-hydrogen) atoms. The third-order valence-corrected chi connectivity index (χ3v) is 4.07. The highest BCUT2D eigenvalue weighted by Crippen LogP contribution is 2.32. The second-order valence-electron chi connectivity index (χ2n) is 6.03. The molecule has 2 N–H and O–H groups in total. The Hall–Kier alpha value is -0.120. The van der Waals surface area contributed by atoms with Gasteiger partial charge in [-0.25, -0.2) is 0 Å². The van der Waals surface area contributed by atoms with Crippen LogP contribution in [0.15, 0.2) is 0 Å². The second-order valence-corrected chi connectivity index (χ2v) is 6.03. The number of hydrogen-bond donors (Lipinski definition) is 1. The number of nitrogens with two attached hydrogens (primary N) is 1. The lowest BCUT2D eigenvalue weighted by molar-refractivity contribution is 0.0313. The van der Waals surface area contributed by atoms with Crippen LogP contribution >= 0.6 is 0 Å². The van der Waals surface area contributed by atoms with E-state index < -0.39 is 0 Å². The molecule has 0 saturated heterocycles. The molecule has 0 aromatic rings. The molecule has 0 heterocycles. The fourth-order valence-corrected chi connectivity index (χ4v) is 3.42. The van der Waals surface area contributed by atoms with Crippen LogP contribution in [0.2, 0.25) is 0 Å². The van der Waals surface area contributed by atoms with Gasteiger partial charge in [-0.2, -0.15) is 0 Å². The van der Waals surface area contributed by atoms with E-state index >= 15 is 0 Å². The van der Waals surface area contributed by atoms with Crippen LogP contribution in [-0.4, -0.2) is 43.3 Å². The summed E-state index contributed by atoms with van der Waals surface area (Å²) in [6, 6.07) is 1.37. The van der Waals surface area contributed by atoms with E-state index in [1.54, 1.807) is 7.11 Å². The van der Waals surface area contributed by atoms with Gasteiger partial charge in [-0.3, -0.25) is 4.90 Å². The minimum atomic E-state index is 0.313. The second kappa shape index (κ2) is 6.72. The standard InChI is InChI=1S/C14H30N2O/c1-10(2)16(6-7-17-5)14-12(4)8-11(3)9-13(14)15/h10-14H,6-9,15H2,1-5H3. The van der Waals surface area contributed by atoms with Gasteiger partial charge in [0.25, 0.3) is 0 Å². The van der Waals surface area contributed by atoms with Crippen LogP contribution in [-0.2, 0) is 4.74 Å². The Kier molecular flexibility index (Phi) is 5.90. The summed E-state index contributed by atoms with van der Waals surface area (Å²) >= 11 is 0. The summed E-state index contributed by atoms with van der Waals surface area (Å²) in [5, 5.41) is 0. The molecule has 102 valence electrons. The van der Waals surface area contributed by atoms with Crippen molar-refractivity contribution in [3.8, 4) is 0 Å². The maximum absolute atomic E-state index is 6.39. The van der Waals surface area contributed by atoms with Gasteiger partial charge in [0.15, 0.2) is 0 Å². The van der Waals surface area contributed by atoms with Crippen molar-refractivity contribution < 1.29 is 4.74 Å². The maximum atomic E-state index is 6.39.